The van der Waals surface area contributed by atoms with Crippen LogP contribution in [0.3, 0.4) is 0 Å². The molecule has 0 spiro atoms. The van der Waals surface area contributed by atoms with Crippen molar-refractivity contribution in [3.05, 3.63) is 0 Å². The van der Waals surface area contributed by atoms with Gasteiger partial charge in [-0.2, -0.15) is 0 Å². The molecule has 1 aliphatic rings. The monoisotopic (exact) mass is 230 g/mol. The van der Waals surface area contributed by atoms with Crippen molar-refractivity contribution in [1.82, 2.24) is 4.90 Å². The molecule has 0 aliphatic carbocycles. The molecule has 1 heterocycles. The first-order valence-corrected chi connectivity index (χ1v) is 6.24. The van der Waals surface area contributed by atoms with E-state index in [1.54, 1.807) is 0 Å². The fourth-order valence-electron chi connectivity index (χ4n) is 1.98. The lowest BCUT2D eigenvalue weighted by molar-refractivity contribution is 0.125. The van der Waals surface area contributed by atoms with E-state index in [1.165, 1.54) is 0 Å². The maximum atomic E-state index is 5.65. The standard InChI is InChI=1S/C11H22N2OS/c1-2-14-9-3-6-13-7-4-10(5-8-13)11(12)15/h10H,2-9H2,1H3,(H2,12,15). The highest BCUT2D eigenvalue weighted by Crippen LogP contribution is 2.17. The summed E-state index contributed by atoms with van der Waals surface area (Å²) in [6.07, 6.45) is 3.39. The summed E-state index contributed by atoms with van der Waals surface area (Å²) in [6.45, 7) is 7.15. The third-order valence-electron chi connectivity index (χ3n) is 2.96. The van der Waals surface area contributed by atoms with Crippen molar-refractivity contribution in [3.8, 4) is 0 Å². The molecule has 1 saturated heterocycles. The van der Waals surface area contributed by atoms with Gasteiger partial charge in [0.2, 0.25) is 0 Å². The maximum absolute atomic E-state index is 5.65. The lowest BCUT2D eigenvalue weighted by atomic mass is 9.97. The molecule has 0 atom stereocenters. The van der Waals surface area contributed by atoms with Gasteiger partial charge in [0.05, 0.1) is 4.99 Å². The van der Waals surface area contributed by atoms with Crippen molar-refractivity contribution in [2.24, 2.45) is 11.7 Å². The van der Waals surface area contributed by atoms with Gasteiger partial charge in [-0.1, -0.05) is 12.2 Å². The van der Waals surface area contributed by atoms with Crippen LogP contribution >= 0.6 is 12.2 Å². The predicted molar refractivity (Wildman–Crippen MR) is 67.1 cm³/mol. The second-order valence-corrected chi connectivity index (χ2v) is 4.54. The first-order chi connectivity index (χ1) is 7.24. The number of nitrogens with zero attached hydrogens (tertiary/aromatic N) is 1. The quantitative estimate of drug-likeness (QED) is 0.553. The summed E-state index contributed by atoms with van der Waals surface area (Å²) in [5, 5.41) is 0. The molecule has 0 radical (unpaired) electrons. The number of likely N-dealkylation sites (tertiary alicyclic amines) is 1. The van der Waals surface area contributed by atoms with Crippen molar-refractivity contribution in [3.63, 3.8) is 0 Å². The average molecular weight is 230 g/mol. The van der Waals surface area contributed by atoms with Gasteiger partial charge in [0.25, 0.3) is 0 Å². The number of ether oxygens (including phenoxy) is 1. The minimum atomic E-state index is 0.475. The summed E-state index contributed by atoms with van der Waals surface area (Å²) in [7, 11) is 0. The van der Waals surface area contributed by atoms with Gasteiger partial charge in [-0.15, -0.1) is 0 Å². The Morgan fingerprint density at radius 1 is 1.47 bits per heavy atom. The van der Waals surface area contributed by atoms with Crippen LogP contribution < -0.4 is 5.73 Å². The average Bonchev–Trinajstić information content (AvgIpc) is 2.25. The molecule has 0 saturated carbocycles. The van der Waals surface area contributed by atoms with Gasteiger partial charge in [0.1, 0.15) is 0 Å². The van der Waals surface area contributed by atoms with E-state index in [4.69, 9.17) is 22.7 Å². The van der Waals surface area contributed by atoms with Crippen molar-refractivity contribution < 1.29 is 4.74 Å². The van der Waals surface area contributed by atoms with Gasteiger partial charge in [0.15, 0.2) is 0 Å². The highest BCUT2D eigenvalue weighted by molar-refractivity contribution is 7.80. The molecule has 2 N–H and O–H groups in total. The largest absolute Gasteiger partial charge is 0.393 e. The molecular weight excluding hydrogens is 208 g/mol. The van der Waals surface area contributed by atoms with E-state index in [2.05, 4.69) is 4.90 Å². The lowest BCUT2D eigenvalue weighted by Crippen LogP contribution is -2.38. The number of hydrogen-bond donors (Lipinski definition) is 1. The van der Waals surface area contributed by atoms with Crippen LogP contribution in [0.4, 0.5) is 0 Å². The summed E-state index contributed by atoms with van der Waals surface area (Å²) >= 11 is 5.02. The van der Waals surface area contributed by atoms with Crippen LogP contribution in [0.15, 0.2) is 0 Å². The molecule has 1 fully saturated rings. The summed E-state index contributed by atoms with van der Waals surface area (Å²) in [6, 6.07) is 0. The van der Waals surface area contributed by atoms with Gasteiger partial charge < -0.3 is 15.4 Å². The van der Waals surface area contributed by atoms with E-state index in [0.29, 0.717) is 10.9 Å². The van der Waals surface area contributed by atoms with Crippen molar-refractivity contribution >= 4 is 17.2 Å². The summed E-state index contributed by atoms with van der Waals surface area (Å²) in [5.41, 5.74) is 5.65. The fourth-order valence-corrected chi connectivity index (χ4v) is 2.21. The lowest BCUT2D eigenvalue weighted by Gasteiger charge is -2.31. The Hall–Kier alpha value is -0.190. The molecular formula is C11H22N2OS. The summed E-state index contributed by atoms with van der Waals surface area (Å²) in [4.78, 5) is 3.18. The van der Waals surface area contributed by atoms with Crippen LogP contribution in [0, 0.1) is 5.92 Å². The van der Waals surface area contributed by atoms with Crippen LogP contribution in [0.5, 0.6) is 0 Å². The topological polar surface area (TPSA) is 38.5 Å². The molecule has 15 heavy (non-hydrogen) atoms. The Bertz CT molecular complexity index is 191. The van der Waals surface area contributed by atoms with E-state index in [1.807, 2.05) is 6.92 Å². The smallest absolute Gasteiger partial charge is 0.0759 e. The first kappa shape index (κ1) is 12.9. The van der Waals surface area contributed by atoms with Gasteiger partial charge in [-0.05, 0) is 39.3 Å². The second-order valence-electron chi connectivity index (χ2n) is 4.07. The molecule has 0 aromatic carbocycles. The summed E-state index contributed by atoms with van der Waals surface area (Å²) < 4.78 is 5.32. The number of nitrogens with two attached hydrogens (primary N) is 1. The predicted octanol–water partition coefficient (Wildman–Crippen LogP) is 1.41. The highest BCUT2D eigenvalue weighted by atomic mass is 32.1. The molecule has 0 amide bonds. The Labute approximate surface area is 98.0 Å². The number of thiocarbonyl (C=S) groups is 1. The van der Waals surface area contributed by atoms with E-state index < -0.39 is 0 Å². The summed E-state index contributed by atoms with van der Waals surface area (Å²) in [5.74, 6) is 0.475. The zero-order valence-corrected chi connectivity index (χ0v) is 10.4. The van der Waals surface area contributed by atoms with E-state index in [-0.39, 0.29) is 0 Å². The maximum Gasteiger partial charge on any atom is 0.0759 e. The van der Waals surface area contributed by atoms with Crippen LogP contribution in [0.1, 0.15) is 26.2 Å². The number of hydrogen-bond acceptors (Lipinski definition) is 3. The van der Waals surface area contributed by atoms with Crippen LogP contribution in [-0.2, 0) is 4.74 Å². The van der Waals surface area contributed by atoms with Crippen LogP contribution in [0.25, 0.3) is 0 Å². The zero-order valence-electron chi connectivity index (χ0n) is 9.58. The van der Waals surface area contributed by atoms with E-state index in [9.17, 15) is 0 Å². The Morgan fingerprint density at radius 3 is 2.67 bits per heavy atom. The van der Waals surface area contributed by atoms with Gasteiger partial charge in [-0.25, -0.2) is 0 Å². The highest BCUT2D eigenvalue weighted by Gasteiger charge is 2.20. The number of piperidine rings is 1. The molecule has 0 aromatic heterocycles. The minimum Gasteiger partial charge on any atom is -0.393 e. The van der Waals surface area contributed by atoms with Crippen LogP contribution in [0.2, 0.25) is 0 Å². The molecule has 4 heteroatoms. The Morgan fingerprint density at radius 2 is 2.13 bits per heavy atom. The van der Waals surface area contributed by atoms with E-state index >= 15 is 0 Å². The van der Waals surface area contributed by atoms with Crippen molar-refractivity contribution in [1.29, 1.82) is 0 Å². The van der Waals surface area contributed by atoms with Gasteiger partial charge >= 0.3 is 0 Å². The third kappa shape index (κ3) is 4.91. The van der Waals surface area contributed by atoms with Crippen molar-refractivity contribution in [2.75, 3.05) is 32.8 Å². The molecule has 88 valence electrons. The Kier molecular flexibility index (Phi) is 6.13. The molecule has 0 bridgehead atoms. The molecule has 1 aliphatic heterocycles. The Balaban J connectivity index is 2.07. The third-order valence-corrected chi connectivity index (χ3v) is 3.29. The zero-order chi connectivity index (χ0) is 11.1. The molecule has 3 nitrogen and oxygen atoms in total. The normalized spacial score (nSPS) is 19.3. The van der Waals surface area contributed by atoms with Crippen molar-refractivity contribution in [2.45, 2.75) is 26.2 Å². The minimum absolute atomic E-state index is 0.475. The van der Waals surface area contributed by atoms with Crippen LogP contribution in [-0.4, -0.2) is 42.7 Å². The molecule has 0 aromatic rings. The molecule has 0 unspecified atom stereocenters. The number of rotatable bonds is 6. The SMILES string of the molecule is CCOCCCN1CCC(C(N)=S)CC1. The van der Waals surface area contributed by atoms with Gasteiger partial charge in [0, 0.05) is 25.7 Å². The first-order valence-electron chi connectivity index (χ1n) is 5.83. The second kappa shape index (κ2) is 7.14. The molecule has 1 rings (SSSR count). The fraction of sp³-hybridized carbons (Fsp3) is 0.909. The van der Waals surface area contributed by atoms with E-state index in [0.717, 1.165) is 52.1 Å². The van der Waals surface area contributed by atoms with Gasteiger partial charge in [-0.3, -0.25) is 0 Å².